The molecule has 3 aromatic heterocycles. The number of imidazole rings is 1. The molecule has 0 spiro atoms. The van der Waals surface area contributed by atoms with Crippen LogP contribution in [0.25, 0.3) is 22.1 Å². The highest BCUT2D eigenvalue weighted by molar-refractivity contribution is 6.30. The van der Waals surface area contributed by atoms with Gasteiger partial charge < -0.3 is 24.4 Å². The van der Waals surface area contributed by atoms with E-state index in [-0.39, 0.29) is 37.4 Å². The molecular weight excluding hydrogens is 553 g/mol. The predicted octanol–water partition coefficient (Wildman–Crippen LogP) is 2.27. The van der Waals surface area contributed by atoms with E-state index in [1.807, 2.05) is 11.6 Å². The molecule has 2 amide bonds. The molecule has 0 radical (unpaired) electrons. The number of carbonyl (C=O) groups is 2. The summed E-state index contributed by atoms with van der Waals surface area (Å²) in [6.45, 7) is 3.61. The standard InChI is InChI=1S/C28H29ClFN7O4/c1-28(30)15-36(16-28)22(38)14-37-24-19(11-20(26(37)40)25(39)32-12-17-3-5-18(29)6-4-17)23-21(13-31-24)33-27(34(23)2)35-7-9-41-10-8-35/h3-6,11,13H,7-10,12,14-16H2,1-2H3,(H,32,39). The Kier molecular flexibility index (Phi) is 6.90. The zero-order chi connectivity index (χ0) is 28.9. The highest BCUT2D eigenvalue weighted by Crippen LogP contribution is 2.29. The molecule has 0 unspecified atom stereocenters. The van der Waals surface area contributed by atoms with Crippen LogP contribution in [0.4, 0.5) is 10.3 Å². The molecule has 11 nitrogen and oxygen atoms in total. The van der Waals surface area contributed by atoms with E-state index in [2.05, 4.69) is 15.2 Å². The number of amides is 2. The van der Waals surface area contributed by atoms with E-state index in [0.29, 0.717) is 53.7 Å². The van der Waals surface area contributed by atoms with Gasteiger partial charge in [0, 0.05) is 37.1 Å². The monoisotopic (exact) mass is 581 g/mol. The van der Waals surface area contributed by atoms with E-state index in [9.17, 15) is 18.8 Å². The van der Waals surface area contributed by atoms with Crippen LogP contribution >= 0.6 is 11.6 Å². The van der Waals surface area contributed by atoms with E-state index < -0.39 is 23.0 Å². The number of aromatic nitrogens is 4. The predicted molar refractivity (Wildman–Crippen MR) is 152 cm³/mol. The molecule has 214 valence electrons. The second-order valence-corrected chi connectivity index (χ2v) is 11.2. The van der Waals surface area contributed by atoms with Gasteiger partial charge in [-0.25, -0.2) is 14.4 Å². The molecule has 2 fully saturated rings. The zero-order valence-electron chi connectivity index (χ0n) is 22.7. The Morgan fingerprint density at radius 3 is 2.56 bits per heavy atom. The van der Waals surface area contributed by atoms with Crippen molar-refractivity contribution in [3.8, 4) is 0 Å². The third kappa shape index (κ3) is 5.13. The molecular formula is C28H29ClFN7O4. The van der Waals surface area contributed by atoms with Crippen molar-refractivity contribution in [2.75, 3.05) is 44.3 Å². The normalized spacial score (nSPS) is 16.7. The third-order valence-corrected chi connectivity index (χ3v) is 7.77. The van der Waals surface area contributed by atoms with Gasteiger partial charge in [-0.2, -0.15) is 0 Å². The molecule has 0 aliphatic carbocycles. The van der Waals surface area contributed by atoms with Gasteiger partial charge in [-0.3, -0.25) is 19.0 Å². The Balaban J connectivity index is 1.44. The summed E-state index contributed by atoms with van der Waals surface area (Å²) in [6.07, 6.45) is 1.56. The number of hydrogen-bond donors (Lipinski definition) is 1. The number of morpholine rings is 1. The lowest BCUT2D eigenvalue weighted by atomic mass is 9.99. The number of halogens is 2. The van der Waals surface area contributed by atoms with Crippen molar-refractivity contribution in [2.24, 2.45) is 7.05 Å². The fraction of sp³-hybridized carbons (Fsp3) is 0.393. The van der Waals surface area contributed by atoms with E-state index in [4.69, 9.17) is 21.3 Å². The quantitative estimate of drug-likeness (QED) is 0.371. The molecule has 6 rings (SSSR count). The Morgan fingerprint density at radius 1 is 1.17 bits per heavy atom. The Bertz CT molecular complexity index is 1720. The lowest BCUT2D eigenvalue weighted by Crippen LogP contribution is -2.60. The molecule has 5 heterocycles. The number of nitrogens with one attached hydrogen (secondary N) is 1. The average Bonchev–Trinajstić information content (AvgIpc) is 3.29. The molecule has 13 heteroatoms. The van der Waals surface area contributed by atoms with Crippen molar-refractivity contribution >= 4 is 51.4 Å². The summed E-state index contributed by atoms with van der Waals surface area (Å²) in [7, 11) is 1.86. The topological polar surface area (TPSA) is 115 Å². The number of fused-ring (bicyclic) bond motifs is 3. The fourth-order valence-corrected chi connectivity index (χ4v) is 5.53. The van der Waals surface area contributed by atoms with E-state index in [1.54, 1.807) is 30.5 Å². The zero-order valence-corrected chi connectivity index (χ0v) is 23.4. The van der Waals surface area contributed by atoms with Crippen LogP contribution in [0.3, 0.4) is 0 Å². The van der Waals surface area contributed by atoms with Gasteiger partial charge in [0.05, 0.1) is 38.0 Å². The van der Waals surface area contributed by atoms with Gasteiger partial charge in [-0.15, -0.1) is 0 Å². The summed E-state index contributed by atoms with van der Waals surface area (Å²) in [6, 6.07) is 8.50. The SMILES string of the molecule is Cn1c(N2CCOCC2)nc2cnc3c(cc(C(=O)NCc4ccc(Cl)cc4)c(=O)n3CC(=O)N3CC(C)(F)C3)c21. The maximum Gasteiger partial charge on any atom is 0.265 e. The molecule has 1 N–H and O–H groups in total. The van der Waals surface area contributed by atoms with Crippen molar-refractivity contribution in [3.05, 3.63) is 63.0 Å². The first kappa shape index (κ1) is 27.2. The summed E-state index contributed by atoms with van der Waals surface area (Å²) in [5, 5.41) is 3.86. The first-order valence-electron chi connectivity index (χ1n) is 13.3. The minimum atomic E-state index is -1.46. The Labute approximate surface area is 239 Å². The molecule has 1 aromatic carbocycles. The molecule has 2 saturated heterocycles. The number of carbonyl (C=O) groups excluding carboxylic acids is 2. The maximum absolute atomic E-state index is 14.1. The number of benzene rings is 1. The third-order valence-electron chi connectivity index (χ3n) is 7.52. The molecule has 0 bridgehead atoms. The molecule has 2 aliphatic rings. The number of rotatable bonds is 6. The first-order valence-corrected chi connectivity index (χ1v) is 13.7. The smallest absolute Gasteiger partial charge is 0.265 e. The summed E-state index contributed by atoms with van der Waals surface area (Å²) in [4.78, 5) is 52.9. The van der Waals surface area contributed by atoms with Crippen LogP contribution in [0.15, 0.2) is 41.3 Å². The van der Waals surface area contributed by atoms with Crippen LogP contribution in [-0.2, 0) is 29.7 Å². The minimum Gasteiger partial charge on any atom is -0.378 e. The fourth-order valence-electron chi connectivity index (χ4n) is 5.41. The summed E-state index contributed by atoms with van der Waals surface area (Å²) in [5.41, 5.74) is 0.0431. The number of hydrogen-bond acceptors (Lipinski definition) is 7. The first-order chi connectivity index (χ1) is 19.6. The van der Waals surface area contributed by atoms with Crippen LogP contribution in [0, 0.1) is 0 Å². The van der Waals surface area contributed by atoms with E-state index in [1.165, 1.54) is 22.5 Å². The number of anilines is 1. The second-order valence-electron chi connectivity index (χ2n) is 10.7. The summed E-state index contributed by atoms with van der Waals surface area (Å²) >= 11 is 5.96. The maximum atomic E-state index is 14.1. The number of ether oxygens (including phenoxy) is 1. The van der Waals surface area contributed by atoms with Crippen LogP contribution in [-0.4, -0.2) is 80.9 Å². The van der Waals surface area contributed by atoms with Gasteiger partial charge in [0.1, 0.15) is 28.9 Å². The average molecular weight is 582 g/mol. The van der Waals surface area contributed by atoms with Crippen LogP contribution in [0.2, 0.25) is 5.02 Å². The molecule has 0 saturated carbocycles. The molecule has 0 atom stereocenters. The Hall–Kier alpha value is -4.03. The van der Waals surface area contributed by atoms with Gasteiger partial charge in [0.2, 0.25) is 11.9 Å². The van der Waals surface area contributed by atoms with Crippen molar-refractivity contribution < 1.29 is 18.7 Å². The highest BCUT2D eigenvalue weighted by atomic mass is 35.5. The number of likely N-dealkylation sites (tertiary alicyclic amines) is 1. The Morgan fingerprint density at radius 2 is 1.88 bits per heavy atom. The van der Waals surface area contributed by atoms with E-state index >= 15 is 0 Å². The van der Waals surface area contributed by atoms with Gasteiger partial charge in [-0.1, -0.05) is 23.7 Å². The lowest BCUT2D eigenvalue weighted by molar-refractivity contribution is -0.144. The number of alkyl halides is 1. The minimum absolute atomic E-state index is 0.0535. The molecule has 2 aliphatic heterocycles. The number of aryl methyl sites for hydroxylation is 1. The van der Waals surface area contributed by atoms with Gasteiger partial charge >= 0.3 is 0 Å². The van der Waals surface area contributed by atoms with Crippen molar-refractivity contribution in [3.63, 3.8) is 0 Å². The van der Waals surface area contributed by atoms with Crippen molar-refractivity contribution in [2.45, 2.75) is 25.7 Å². The molecule has 4 aromatic rings. The highest BCUT2D eigenvalue weighted by Gasteiger charge is 2.41. The number of pyridine rings is 2. The lowest BCUT2D eigenvalue weighted by Gasteiger charge is -2.42. The second kappa shape index (κ2) is 10.4. The van der Waals surface area contributed by atoms with Gasteiger partial charge in [-0.05, 0) is 30.7 Å². The largest absolute Gasteiger partial charge is 0.378 e. The van der Waals surface area contributed by atoms with Crippen LogP contribution in [0.1, 0.15) is 22.8 Å². The van der Waals surface area contributed by atoms with E-state index in [0.717, 1.165) is 5.56 Å². The molecule has 41 heavy (non-hydrogen) atoms. The summed E-state index contributed by atoms with van der Waals surface area (Å²) < 4.78 is 22.7. The van der Waals surface area contributed by atoms with Crippen LogP contribution in [0.5, 0.6) is 0 Å². The van der Waals surface area contributed by atoms with Crippen LogP contribution < -0.4 is 15.8 Å². The van der Waals surface area contributed by atoms with Crippen molar-refractivity contribution in [1.82, 2.24) is 29.3 Å². The van der Waals surface area contributed by atoms with Crippen molar-refractivity contribution in [1.29, 1.82) is 0 Å². The number of nitrogens with zero attached hydrogens (tertiary/aromatic N) is 6. The van der Waals surface area contributed by atoms with Gasteiger partial charge in [0.15, 0.2) is 0 Å². The summed E-state index contributed by atoms with van der Waals surface area (Å²) in [5.74, 6) is -0.313. The van der Waals surface area contributed by atoms with Gasteiger partial charge in [0.25, 0.3) is 11.5 Å².